The summed E-state index contributed by atoms with van der Waals surface area (Å²) in [6.45, 7) is 0.564. The van der Waals surface area contributed by atoms with Gasteiger partial charge in [0, 0.05) is 11.4 Å². The number of rotatable bonds is 5. The monoisotopic (exact) mass is 317 g/mol. The van der Waals surface area contributed by atoms with Crippen LogP contribution in [-0.2, 0) is 16.0 Å². The fourth-order valence-electron chi connectivity index (χ4n) is 1.68. The summed E-state index contributed by atoms with van der Waals surface area (Å²) in [6.07, 6.45) is 1.26. The maximum absolute atomic E-state index is 11.5. The summed E-state index contributed by atoms with van der Waals surface area (Å²) in [7, 11) is 0. The molecule has 1 aliphatic carbocycles. The molecule has 0 bridgehead atoms. The van der Waals surface area contributed by atoms with Crippen LogP contribution in [0.25, 0.3) is 0 Å². The Labute approximate surface area is 111 Å². The van der Waals surface area contributed by atoms with Crippen molar-refractivity contribution in [2.75, 3.05) is 6.54 Å². The van der Waals surface area contributed by atoms with Gasteiger partial charge in [0.05, 0.1) is 15.6 Å². The number of carboxylic acids is 1. The van der Waals surface area contributed by atoms with Crippen molar-refractivity contribution in [2.24, 2.45) is 11.8 Å². The number of halogens is 1. The van der Waals surface area contributed by atoms with E-state index < -0.39 is 11.9 Å². The van der Waals surface area contributed by atoms with Crippen LogP contribution in [0.15, 0.2) is 15.9 Å². The number of aliphatic carboxylic acids is 1. The number of carbonyl (C=O) groups excluding carboxylic acids is 1. The maximum Gasteiger partial charge on any atom is 0.307 e. The zero-order valence-corrected chi connectivity index (χ0v) is 11.4. The Balaban J connectivity index is 1.69. The standard InChI is InChI=1S/C11H12BrNO3S/c12-9-2-1-6(17-9)3-4-13-10(14)7-5-8(7)11(15)16/h1-2,7-8H,3-5H2,(H,13,14)(H,15,16)/t7-,8-/m0/s1. The number of carbonyl (C=O) groups is 2. The summed E-state index contributed by atoms with van der Waals surface area (Å²) in [5.41, 5.74) is 0. The summed E-state index contributed by atoms with van der Waals surface area (Å²) in [4.78, 5) is 23.3. The van der Waals surface area contributed by atoms with E-state index in [1.165, 1.54) is 4.88 Å². The van der Waals surface area contributed by atoms with Crippen molar-refractivity contribution in [3.8, 4) is 0 Å². The van der Waals surface area contributed by atoms with Gasteiger partial charge in [-0.25, -0.2) is 0 Å². The molecule has 2 N–H and O–H groups in total. The Hall–Kier alpha value is -0.880. The van der Waals surface area contributed by atoms with Crippen LogP contribution >= 0.6 is 27.3 Å². The first-order valence-electron chi connectivity index (χ1n) is 5.32. The van der Waals surface area contributed by atoms with Crippen LogP contribution in [0.5, 0.6) is 0 Å². The van der Waals surface area contributed by atoms with Crippen LogP contribution in [0, 0.1) is 11.8 Å². The van der Waals surface area contributed by atoms with Crippen molar-refractivity contribution < 1.29 is 14.7 Å². The molecule has 1 saturated carbocycles. The summed E-state index contributed by atoms with van der Waals surface area (Å²) < 4.78 is 1.08. The first-order valence-corrected chi connectivity index (χ1v) is 6.93. The Morgan fingerprint density at radius 2 is 2.24 bits per heavy atom. The highest BCUT2D eigenvalue weighted by atomic mass is 79.9. The van der Waals surface area contributed by atoms with Crippen LogP contribution in [0.1, 0.15) is 11.3 Å². The highest BCUT2D eigenvalue weighted by Gasteiger charge is 2.48. The predicted molar refractivity (Wildman–Crippen MR) is 68.0 cm³/mol. The van der Waals surface area contributed by atoms with Crippen molar-refractivity contribution in [2.45, 2.75) is 12.8 Å². The summed E-state index contributed by atoms with van der Waals surface area (Å²) in [5, 5.41) is 11.5. The third-order valence-electron chi connectivity index (χ3n) is 2.74. The van der Waals surface area contributed by atoms with E-state index in [0.717, 1.165) is 10.2 Å². The fraction of sp³-hybridized carbons (Fsp3) is 0.455. The Morgan fingerprint density at radius 3 is 2.76 bits per heavy atom. The molecule has 0 aliphatic heterocycles. The zero-order valence-electron chi connectivity index (χ0n) is 8.98. The van der Waals surface area contributed by atoms with Gasteiger partial charge in [-0.15, -0.1) is 11.3 Å². The van der Waals surface area contributed by atoms with Gasteiger partial charge in [0.2, 0.25) is 5.91 Å². The lowest BCUT2D eigenvalue weighted by Gasteiger charge is -2.02. The third kappa shape index (κ3) is 3.29. The fourth-order valence-corrected chi connectivity index (χ4v) is 3.17. The highest BCUT2D eigenvalue weighted by Crippen LogP contribution is 2.38. The smallest absolute Gasteiger partial charge is 0.307 e. The van der Waals surface area contributed by atoms with Crippen molar-refractivity contribution in [1.82, 2.24) is 5.32 Å². The Bertz CT molecular complexity index is 446. The van der Waals surface area contributed by atoms with Gasteiger partial charge < -0.3 is 10.4 Å². The second kappa shape index (κ2) is 5.18. The normalized spacial score (nSPS) is 22.2. The Kier molecular flexibility index (Phi) is 3.83. The molecule has 1 amide bonds. The van der Waals surface area contributed by atoms with E-state index >= 15 is 0 Å². The molecule has 2 rings (SSSR count). The van der Waals surface area contributed by atoms with Crippen LogP contribution in [0.2, 0.25) is 0 Å². The van der Waals surface area contributed by atoms with Crippen molar-refractivity contribution in [3.63, 3.8) is 0 Å². The second-order valence-corrected chi connectivity index (χ2v) is 6.58. The van der Waals surface area contributed by atoms with Gasteiger partial charge >= 0.3 is 5.97 Å². The molecule has 92 valence electrons. The van der Waals surface area contributed by atoms with E-state index in [0.29, 0.717) is 13.0 Å². The molecule has 1 aromatic rings. The van der Waals surface area contributed by atoms with Crippen LogP contribution in [0.4, 0.5) is 0 Å². The summed E-state index contributed by atoms with van der Waals surface area (Å²) in [5.74, 6) is -1.78. The number of amides is 1. The zero-order chi connectivity index (χ0) is 12.4. The molecule has 17 heavy (non-hydrogen) atoms. The number of nitrogens with one attached hydrogen (secondary N) is 1. The highest BCUT2D eigenvalue weighted by molar-refractivity contribution is 9.11. The molecule has 1 fully saturated rings. The minimum atomic E-state index is -0.868. The molecule has 2 atom stereocenters. The first kappa shape index (κ1) is 12.6. The molecule has 1 heterocycles. The number of thiophene rings is 1. The molecule has 0 saturated heterocycles. The van der Waals surface area contributed by atoms with Gasteiger partial charge in [-0.1, -0.05) is 0 Å². The predicted octanol–water partition coefficient (Wildman–Crippen LogP) is 1.89. The van der Waals surface area contributed by atoms with Crippen LogP contribution < -0.4 is 5.32 Å². The van der Waals surface area contributed by atoms with Crippen molar-refractivity contribution >= 4 is 39.1 Å². The molecular formula is C11H12BrNO3S. The first-order chi connectivity index (χ1) is 8.08. The Morgan fingerprint density at radius 1 is 1.47 bits per heavy atom. The molecule has 0 radical (unpaired) electrons. The number of hydrogen-bond acceptors (Lipinski definition) is 3. The van der Waals surface area contributed by atoms with Crippen LogP contribution in [0.3, 0.4) is 0 Å². The van der Waals surface area contributed by atoms with Gasteiger partial charge in [0.15, 0.2) is 0 Å². The van der Waals surface area contributed by atoms with E-state index in [4.69, 9.17) is 5.11 Å². The average molecular weight is 318 g/mol. The molecule has 1 aliphatic rings. The lowest BCUT2D eigenvalue weighted by atomic mass is 10.3. The lowest BCUT2D eigenvalue weighted by Crippen LogP contribution is -2.28. The molecular weight excluding hydrogens is 306 g/mol. The molecule has 1 aromatic heterocycles. The second-order valence-electron chi connectivity index (χ2n) is 4.03. The average Bonchev–Trinajstić information content (AvgIpc) is 2.97. The van der Waals surface area contributed by atoms with Gasteiger partial charge in [-0.2, -0.15) is 0 Å². The summed E-state index contributed by atoms with van der Waals surface area (Å²) in [6, 6.07) is 3.99. The maximum atomic E-state index is 11.5. The number of hydrogen-bond donors (Lipinski definition) is 2. The van der Waals surface area contributed by atoms with E-state index in [1.54, 1.807) is 11.3 Å². The van der Waals surface area contributed by atoms with Crippen molar-refractivity contribution in [3.05, 3.63) is 20.8 Å². The van der Waals surface area contributed by atoms with E-state index in [-0.39, 0.29) is 11.8 Å². The number of carboxylic acid groups (broad SMARTS) is 1. The van der Waals surface area contributed by atoms with Crippen LogP contribution in [-0.4, -0.2) is 23.5 Å². The van der Waals surface area contributed by atoms with Gasteiger partial charge in [0.25, 0.3) is 0 Å². The molecule has 0 unspecified atom stereocenters. The van der Waals surface area contributed by atoms with E-state index in [2.05, 4.69) is 21.2 Å². The van der Waals surface area contributed by atoms with Crippen molar-refractivity contribution in [1.29, 1.82) is 0 Å². The van der Waals surface area contributed by atoms with Gasteiger partial charge in [0.1, 0.15) is 0 Å². The molecule has 0 aromatic carbocycles. The molecule has 4 nitrogen and oxygen atoms in total. The van der Waals surface area contributed by atoms with Gasteiger partial charge in [-0.05, 0) is 40.9 Å². The minimum absolute atomic E-state index is 0.131. The minimum Gasteiger partial charge on any atom is -0.481 e. The van der Waals surface area contributed by atoms with Gasteiger partial charge in [-0.3, -0.25) is 9.59 Å². The third-order valence-corrected chi connectivity index (χ3v) is 4.43. The topological polar surface area (TPSA) is 66.4 Å². The summed E-state index contributed by atoms with van der Waals surface area (Å²) >= 11 is 5.02. The SMILES string of the molecule is O=C(O)[C@H]1C[C@@H]1C(=O)NCCc1ccc(Br)s1. The quantitative estimate of drug-likeness (QED) is 0.871. The molecule has 6 heteroatoms. The van der Waals surface area contributed by atoms with E-state index in [1.807, 2.05) is 12.1 Å². The van der Waals surface area contributed by atoms with E-state index in [9.17, 15) is 9.59 Å². The molecule has 0 spiro atoms. The lowest BCUT2D eigenvalue weighted by molar-refractivity contribution is -0.140. The largest absolute Gasteiger partial charge is 0.481 e.